The largest absolute Gasteiger partial charge is 0.468 e. The molecule has 1 rings (SSSR count). The second-order valence-corrected chi connectivity index (χ2v) is 3.43. The van der Waals surface area contributed by atoms with Gasteiger partial charge in [-0.05, 0) is 11.6 Å². The van der Waals surface area contributed by atoms with E-state index >= 15 is 0 Å². The van der Waals surface area contributed by atoms with Gasteiger partial charge in [-0.2, -0.15) is 13.2 Å². The molecule has 1 atom stereocenters. The van der Waals surface area contributed by atoms with Gasteiger partial charge in [0.25, 0.3) is 0 Å². The number of esters is 1. The van der Waals surface area contributed by atoms with Gasteiger partial charge in [-0.3, -0.25) is 4.79 Å². The molecule has 0 spiro atoms. The van der Waals surface area contributed by atoms with E-state index in [0.717, 1.165) is 13.2 Å². The van der Waals surface area contributed by atoms with E-state index in [2.05, 4.69) is 4.74 Å². The normalized spacial score (nSPS) is 13.3. The van der Waals surface area contributed by atoms with Crippen LogP contribution in [-0.2, 0) is 9.53 Å². The van der Waals surface area contributed by atoms with Crippen LogP contribution < -0.4 is 0 Å². The third-order valence-corrected chi connectivity index (χ3v) is 2.32. The Morgan fingerprint density at radius 3 is 2.38 bits per heavy atom. The number of carbonyl (C=O) groups is 1. The van der Waals surface area contributed by atoms with E-state index in [1.165, 1.54) is 18.2 Å². The third-order valence-electron chi connectivity index (χ3n) is 1.98. The quantitative estimate of drug-likeness (QED) is 0.756. The molecule has 0 amide bonds. The molecule has 1 aromatic carbocycles. The lowest BCUT2D eigenvalue weighted by Gasteiger charge is -2.19. The predicted molar refractivity (Wildman–Crippen MR) is 52.3 cm³/mol. The van der Waals surface area contributed by atoms with E-state index in [4.69, 9.17) is 11.6 Å². The smallest absolute Gasteiger partial charge is 0.406 e. The van der Waals surface area contributed by atoms with Crippen LogP contribution in [-0.4, -0.2) is 19.3 Å². The van der Waals surface area contributed by atoms with Crippen molar-refractivity contribution in [2.75, 3.05) is 7.11 Å². The van der Waals surface area contributed by atoms with Crippen molar-refractivity contribution >= 4 is 17.6 Å². The van der Waals surface area contributed by atoms with Crippen LogP contribution in [0.2, 0.25) is 5.02 Å². The zero-order valence-corrected chi connectivity index (χ0v) is 8.97. The zero-order valence-electron chi connectivity index (χ0n) is 8.22. The lowest BCUT2D eigenvalue weighted by atomic mass is 9.99. The molecule has 0 aliphatic carbocycles. The molecule has 88 valence electrons. The van der Waals surface area contributed by atoms with Gasteiger partial charge in [-0.25, -0.2) is 0 Å². The van der Waals surface area contributed by atoms with Gasteiger partial charge < -0.3 is 4.74 Å². The Labute approximate surface area is 95.0 Å². The van der Waals surface area contributed by atoms with Crippen LogP contribution in [0.15, 0.2) is 24.3 Å². The number of halogens is 4. The number of benzene rings is 1. The Kier molecular flexibility index (Phi) is 3.80. The molecule has 0 aromatic heterocycles. The number of hydrogen-bond donors (Lipinski definition) is 0. The van der Waals surface area contributed by atoms with Gasteiger partial charge in [0.05, 0.1) is 7.11 Å². The van der Waals surface area contributed by atoms with E-state index in [1.807, 2.05) is 0 Å². The van der Waals surface area contributed by atoms with Crippen molar-refractivity contribution in [2.24, 2.45) is 0 Å². The monoisotopic (exact) mass is 252 g/mol. The summed E-state index contributed by atoms with van der Waals surface area (Å²) in [5.41, 5.74) is -0.302. The maximum Gasteiger partial charge on any atom is 0.406 e. The SMILES string of the molecule is COC(=O)C(c1ccccc1Cl)C(F)(F)F. The van der Waals surface area contributed by atoms with Crippen LogP contribution in [0.5, 0.6) is 0 Å². The molecule has 0 heterocycles. The van der Waals surface area contributed by atoms with E-state index in [9.17, 15) is 18.0 Å². The molecule has 0 fully saturated rings. The first-order chi connectivity index (χ1) is 7.38. The van der Waals surface area contributed by atoms with Crippen molar-refractivity contribution in [3.8, 4) is 0 Å². The lowest BCUT2D eigenvalue weighted by Crippen LogP contribution is -2.29. The maximum atomic E-state index is 12.7. The van der Waals surface area contributed by atoms with Crippen molar-refractivity contribution in [1.29, 1.82) is 0 Å². The highest BCUT2D eigenvalue weighted by atomic mass is 35.5. The second-order valence-electron chi connectivity index (χ2n) is 3.02. The summed E-state index contributed by atoms with van der Waals surface area (Å²) >= 11 is 5.62. The number of ether oxygens (including phenoxy) is 1. The van der Waals surface area contributed by atoms with Gasteiger partial charge in [0.15, 0.2) is 5.92 Å². The molecule has 16 heavy (non-hydrogen) atoms. The van der Waals surface area contributed by atoms with E-state index < -0.39 is 18.1 Å². The van der Waals surface area contributed by atoms with Crippen LogP contribution in [0.25, 0.3) is 0 Å². The minimum Gasteiger partial charge on any atom is -0.468 e. The van der Waals surface area contributed by atoms with Crippen molar-refractivity contribution in [3.05, 3.63) is 34.9 Å². The predicted octanol–water partition coefficient (Wildman–Crippen LogP) is 3.16. The summed E-state index contributed by atoms with van der Waals surface area (Å²) in [6.45, 7) is 0. The second kappa shape index (κ2) is 4.74. The number of hydrogen-bond acceptors (Lipinski definition) is 2. The Balaban J connectivity index is 3.23. The summed E-state index contributed by atoms with van der Waals surface area (Å²) in [4.78, 5) is 11.1. The fourth-order valence-electron chi connectivity index (χ4n) is 1.26. The standard InChI is InChI=1S/C10H8ClF3O2/c1-16-9(15)8(10(12,13)14)6-4-2-3-5-7(6)11/h2-5,8H,1H3. The van der Waals surface area contributed by atoms with Gasteiger partial charge in [-0.1, -0.05) is 29.8 Å². The van der Waals surface area contributed by atoms with Crippen LogP contribution in [0.4, 0.5) is 13.2 Å². The van der Waals surface area contributed by atoms with Gasteiger partial charge in [0, 0.05) is 5.02 Å². The molecule has 0 saturated carbocycles. The molecule has 1 unspecified atom stereocenters. The molecule has 2 nitrogen and oxygen atoms in total. The van der Waals surface area contributed by atoms with E-state index in [1.54, 1.807) is 0 Å². The molecule has 0 aliphatic heterocycles. The highest BCUT2D eigenvalue weighted by Crippen LogP contribution is 2.38. The number of carbonyl (C=O) groups excluding carboxylic acids is 1. The van der Waals surface area contributed by atoms with Crippen molar-refractivity contribution in [3.63, 3.8) is 0 Å². The molecule has 0 bridgehead atoms. The first-order valence-corrected chi connectivity index (χ1v) is 4.64. The van der Waals surface area contributed by atoms with Crippen LogP contribution in [0.3, 0.4) is 0 Å². The summed E-state index contributed by atoms with van der Waals surface area (Å²) in [6.07, 6.45) is -4.72. The van der Waals surface area contributed by atoms with Crippen molar-refractivity contribution < 1.29 is 22.7 Å². The summed E-state index contributed by atoms with van der Waals surface area (Å²) in [7, 11) is 0.901. The van der Waals surface area contributed by atoms with Crippen LogP contribution in [0.1, 0.15) is 11.5 Å². The Morgan fingerprint density at radius 2 is 1.94 bits per heavy atom. The number of alkyl halides is 3. The molecule has 6 heteroatoms. The minimum atomic E-state index is -4.72. The average molecular weight is 253 g/mol. The van der Waals surface area contributed by atoms with Gasteiger partial charge >= 0.3 is 12.1 Å². The fourth-order valence-corrected chi connectivity index (χ4v) is 1.51. The molecule has 0 radical (unpaired) electrons. The van der Waals surface area contributed by atoms with E-state index in [-0.39, 0.29) is 10.6 Å². The zero-order chi connectivity index (χ0) is 12.3. The van der Waals surface area contributed by atoms with Gasteiger partial charge in [0.2, 0.25) is 0 Å². The minimum absolute atomic E-state index is 0.116. The average Bonchev–Trinajstić information content (AvgIpc) is 2.19. The fraction of sp³-hybridized carbons (Fsp3) is 0.300. The molecule has 1 aromatic rings. The summed E-state index contributed by atoms with van der Waals surface area (Å²) in [5, 5.41) is -0.116. The topological polar surface area (TPSA) is 26.3 Å². The number of rotatable bonds is 2. The molecular weight excluding hydrogens is 245 g/mol. The number of methoxy groups -OCH3 is 1. The van der Waals surface area contributed by atoms with Gasteiger partial charge in [0.1, 0.15) is 0 Å². The first kappa shape index (κ1) is 12.8. The van der Waals surface area contributed by atoms with Crippen molar-refractivity contribution in [1.82, 2.24) is 0 Å². The van der Waals surface area contributed by atoms with Crippen molar-refractivity contribution in [2.45, 2.75) is 12.1 Å². The maximum absolute atomic E-state index is 12.7. The van der Waals surface area contributed by atoms with E-state index in [0.29, 0.717) is 0 Å². The summed E-state index contributed by atoms with van der Waals surface area (Å²) in [6, 6.07) is 5.30. The highest BCUT2D eigenvalue weighted by molar-refractivity contribution is 6.31. The Bertz CT molecular complexity index is 390. The first-order valence-electron chi connectivity index (χ1n) is 4.27. The Hall–Kier alpha value is -1.23. The molecular formula is C10H8ClF3O2. The lowest BCUT2D eigenvalue weighted by molar-refractivity contribution is -0.179. The summed E-state index contributed by atoms with van der Waals surface area (Å²) in [5.74, 6) is -3.72. The van der Waals surface area contributed by atoms with Crippen LogP contribution >= 0.6 is 11.6 Å². The summed E-state index contributed by atoms with van der Waals surface area (Å²) < 4.78 is 42.1. The molecule has 0 aliphatic rings. The highest BCUT2D eigenvalue weighted by Gasteiger charge is 2.47. The Morgan fingerprint density at radius 1 is 1.38 bits per heavy atom. The third kappa shape index (κ3) is 2.66. The molecule has 0 N–H and O–H groups in total. The van der Waals surface area contributed by atoms with Gasteiger partial charge in [-0.15, -0.1) is 0 Å². The van der Waals surface area contributed by atoms with Crippen LogP contribution in [0, 0.1) is 0 Å². The molecule has 0 saturated heterocycles.